The zero-order valence-corrected chi connectivity index (χ0v) is 30.1. The summed E-state index contributed by atoms with van der Waals surface area (Å²) in [6, 6.07) is 56.9. The summed E-state index contributed by atoms with van der Waals surface area (Å²) in [7, 11) is 0. The highest BCUT2D eigenvalue weighted by Crippen LogP contribution is 2.69. The Balaban J connectivity index is 0.944. The van der Waals surface area contributed by atoms with E-state index >= 15 is 0 Å². The van der Waals surface area contributed by atoms with E-state index in [1.165, 1.54) is 98.4 Å². The van der Waals surface area contributed by atoms with Crippen LogP contribution in [0.25, 0.3) is 82.8 Å². The Bertz CT molecular complexity index is 2980. The van der Waals surface area contributed by atoms with Crippen molar-refractivity contribution >= 4 is 43.7 Å². The third kappa shape index (κ3) is 3.81. The average molecular weight is 694 g/mol. The van der Waals surface area contributed by atoms with Crippen LogP contribution < -0.4 is 0 Å². The lowest BCUT2D eigenvalue weighted by Crippen LogP contribution is -2.55. The van der Waals surface area contributed by atoms with Gasteiger partial charge in [-0.15, -0.1) is 0 Å². The summed E-state index contributed by atoms with van der Waals surface area (Å²) in [6.07, 6.45) is 7.12. The van der Waals surface area contributed by atoms with Crippen LogP contribution in [0.5, 0.6) is 0 Å². The molecule has 1 spiro atoms. The Morgan fingerprint density at radius 3 is 1.94 bits per heavy atom. The van der Waals surface area contributed by atoms with Gasteiger partial charge in [-0.1, -0.05) is 109 Å². The highest BCUT2D eigenvalue weighted by Gasteiger charge is 2.61. The second-order valence-electron chi connectivity index (χ2n) is 16.9. The van der Waals surface area contributed by atoms with Crippen molar-refractivity contribution in [2.75, 3.05) is 0 Å². The number of aromatic nitrogens is 1. The SMILES string of the molecule is c1ccc2c(c1)-c1ccc(-c3ccc(-n4c5ccccc5c5ccc(-c6cccc7oc8ccccc8c67)cc54)cc3)cc1C21C2CC3CC(C2)CC1C3. The first kappa shape index (κ1) is 29.6. The van der Waals surface area contributed by atoms with E-state index in [1.54, 1.807) is 11.1 Å². The maximum Gasteiger partial charge on any atom is 0.136 e. The van der Waals surface area contributed by atoms with Crippen LogP contribution in [0.3, 0.4) is 0 Å². The van der Waals surface area contributed by atoms with Crippen LogP contribution in [-0.2, 0) is 5.41 Å². The molecule has 0 saturated heterocycles. The molecule has 4 saturated carbocycles. The third-order valence-electron chi connectivity index (χ3n) is 14.4. The molecule has 0 unspecified atom stereocenters. The maximum absolute atomic E-state index is 6.28. The van der Waals surface area contributed by atoms with Gasteiger partial charge in [0.15, 0.2) is 0 Å². The summed E-state index contributed by atoms with van der Waals surface area (Å²) >= 11 is 0. The predicted octanol–water partition coefficient (Wildman–Crippen LogP) is 13.7. The minimum Gasteiger partial charge on any atom is -0.456 e. The zero-order valence-electron chi connectivity index (χ0n) is 30.1. The summed E-state index contributed by atoms with van der Waals surface area (Å²) in [5, 5.41) is 4.87. The minimum absolute atomic E-state index is 0.184. The average Bonchev–Trinajstić information content (AvgIpc) is 3.86. The largest absolute Gasteiger partial charge is 0.456 e. The molecule has 9 aromatic rings. The van der Waals surface area contributed by atoms with Gasteiger partial charge in [0.05, 0.1) is 11.0 Å². The summed E-state index contributed by atoms with van der Waals surface area (Å²) in [4.78, 5) is 0. The van der Waals surface area contributed by atoms with Crippen molar-refractivity contribution in [2.45, 2.75) is 37.5 Å². The quantitative estimate of drug-likeness (QED) is 0.180. The van der Waals surface area contributed by atoms with E-state index in [0.717, 1.165) is 40.2 Å². The highest BCUT2D eigenvalue weighted by molar-refractivity contribution is 6.14. The van der Waals surface area contributed by atoms with Crippen LogP contribution in [0.2, 0.25) is 0 Å². The van der Waals surface area contributed by atoms with E-state index in [2.05, 4.69) is 150 Å². The Morgan fingerprint density at radius 2 is 1.09 bits per heavy atom. The molecule has 2 heteroatoms. The summed E-state index contributed by atoms with van der Waals surface area (Å²) in [5.74, 6) is 3.43. The number of para-hydroxylation sites is 2. The molecule has 14 rings (SSSR count). The normalized spacial score (nSPS) is 23.6. The van der Waals surface area contributed by atoms with Gasteiger partial charge >= 0.3 is 0 Å². The maximum atomic E-state index is 6.28. The lowest BCUT2D eigenvalue weighted by molar-refractivity contribution is -0.0399. The van der Waals surface area contributed by atoms with Gasteiger partial charge in [0.25, 0.3) is 0 Å². The van der Waals surface area contributed by atoms with Gasteiger partial charge in [0, 0.05) is 32.6 Å². The van der Waals surface area contributed by atoms with E-state index in [9.17, 15) is 0 Å². The van der Waals surface area contributed by atoms with Crippen LogP contribution in [0.4, 0.5) is 0 Å². The Hall–Kier alpha value is -5.86. The van der Waals surface area contributed by atoms with Crippen molar-refractivity contribution in [3.8, 4) is 39.1 Å². The Labute approximate surface area is 314 Å². The number of hydrogen-bond acceptors (Lipinski definition) is 1. The first-order valence-electron chi connectivity index (χ1n) is 20.0. The monoisotopic (exact) mass is 693 g/mol. The minimum atomic E-state index is 0.184. The molecule has 5 aliphatic carbocycles. The molecular formula is C52H39NO. The molecule has 4 bridgehead atoms. The summed E-state index contributed by atoms with van der Waals surface area (Å²) in [6.45, 7) is 0. The van der Waals surface area contributed by atoms with Crippen LogP contribution in [0.15, 0.2) is 156 Å². The molecule has 54 heavy (non-hydrogen) atoms. The molecule has 5 aliphatic rings. The highest BCUT2D eigenvalue weighted by atomic mass is 16.3. The van der Waals surface area contributed by atoms with Gasteiger partial charge in [0.2, 0.25) is 0 Å². The molecule has 7 aromatic carbocycles. The molecular weight excluding hydrogens is 655 g/mol. The molecule has 258 valence electrons. The molecule has 4 fully saturated rings. The van der Waals surface area contributed by atoms with E-state index < -0.39 is 0 Å². The van der Waals surface area contributed by atoms with Crippen molar-refractivity contribution in [3.05, 3.63) is 163 Å². The third-order valence-corrected chi connectivity index (χ3v) is 14.4. The van der Waals surface area contributed by atoms with Crippen molar-refractivity contribution in [3.63, 3.8) is 0 Å². The lowest BCUT2D eigenvalue weighted by atomic mass is 9.43. The molecule has 0 radical (unpaired) electrons. The van der Waals surface area contributed by atoms with E-state index in [0.29, 0.717) is 0 Å². The molecule has 2 nitrogen and oxygen atoms in total. The second kappa shape index (κ2) is 10.6. The predicted molar refractivity (Wildman–Crippen MR) is 222 cm³/mol. The molecule has 0 amide bonds. The Kier molecular flexibility index (Phi) is 5.83. The standard InChI is InChI=1S/C52H39NO/c1-4-12-45-40(8-1)41-22-18-34(29-46(41)52(45)36-25-31-24-32(27-36)28-37(52)26-31)33-16-20-38(21-17-33)53-47-13-5-2-9-42(47)43-23-19-35(30-48(43)53)39-11-7-15-50-51(39)44-10-3-6-14-49(44)54-50/h1-23,29-32,36-37H,24-28H2. The van der Waals surface area contributed by atoms with E-state index in [-0.39, 0.29) is 5.41 Å². The van der Waals surface area contributed by atoms with Crippen molar-refractivity contribution in [2.24, 2.45) is 23.7 Å². The van der Waals surface area contributed by atoms with Crippen LogP contribution in [0.1, 0.15) is 43.2 Å². The van der Waals surface area contributed by atoms with Crippen molar-refractivity contribution < 1.29 is 4.42 Å². The van der Waals surface area contributed by atoms with E-state index in [4.69, 9.17) is 4.42 Å². The first-order chi connectivity index (χ1) is 26.7. The fourth-order valence-corrected chi connectivity index (χ4v) is 12.6. The molecule has 0 atom stereocenters. The number of benzene rings is 7. The number of furan rings is 1. The van der Waals surface area contributed by atoms with Crippen LogP contribution >= 0.6 is 0 Å². The zero-order chi connectivity index (χ0) is 35.1. The van der Waals surface area contributed by atoms with Gasteiger partial charge in [-0.2, -0.15) is 0 Å². The molecule has 2 aromatic heterocycles. The number of hydrogen-bond donors (Lipinski definition) is 0. The first-order valence-corrected chi connectivity index (χ1v) is 20.0. The van der Waals surface area contributed by atoms with Gasteiger partial charge in [-0.05, 0) is 143 Å². The summed E-state index contributed by atoms with van der Waals surface area (Å²) in [5.41, 5.74) is 16.9. The van der Waals surface area contributed by atoms with Gasteiger partial charge in [-0.3, -0.25) is 0 Å². The molecule has 0 N–H and O–H groups in total. The van der Waals surface area contributed by atoms with Crippen LogP contribution in [-0.4, -0.2) is 4.57 Å². The van der Waals surface area contributed by atoms with Gasteiger partial charge < -0.3 is 8.98 Å². The molecule has 2 heterocycles. The van der Waals surface area contributed by atoms with Gasteiger partial charge in [0.1, 0.15) is 11.2 Å². The Morgan fingerprint density at radius 1 is 0.444 bits per heavy atom. The van der Waals surface area contributed by atoms with Crippen LogP contribution in [0, 0.1) is 23.7 Å². The lowest BCUT2D eigenvalue weighted by Gasteiger charge is -2.61. The number of rotatable bonds is 3. The van der Waals surface area contributed by atoms with Crippen molar-refractivity contribution in [1.29, 1.82) is 0 Å². The van der Waals surface area contributed by atoms with Crippen molar-refractivity contribution in [1.82, 2.24) is 4.57 Å². The van der Waals surface area contributed by atoms with Gasteiger partial charge in [-0.25, -0.2) is 0 Å². The second-order valence-corrected chi connectivity index (χ2v) is 16.9. The number of fused-ring (bicyclic) bond motifs is 9. The fourth-order valence-electron chi connectivity index (χ4n) is 12.6. The summed E-state index contributed by atoms with van der Waals surface area (Å²) < 4.78 is 8.74. The fraction of sp³-hybridized carbons (Fsp3) is 0.192. The van der Waals surface area contributed by atoms with E-state index in [1.807, 2.05) is 6.07 Å². The smallest absolute Gasteiger partial charge is 0.136 e. The topological polar surface area (TPSA) is 18.1 Å². The molecule has 0 aliphatic heterocycles. The number of nitrogens with zero attached hydrogens (tertiary/aromatic N) is 1.